The molecule has 0 aliphatic heterocycles. The molecule has 96 valence electrons. The van der Waals surface area contributed by atoms with E-state index in [9.17, 15) is 0 Å². The third-order valence-electron chi connectivity index (χ3n) is 2.72. The Kier molecular flexibility index (Phi) is 3.99. The van der Waals surface area contributed by atoms with Gasteiger partial charge in [-0.25, -0.2) is 4.98 Å². The smallest absolute Gasteiger partial charge is 0.123 e. The number of aryl methyl sites for hydroxylation is 1. The van der Waals surface area contributed by atoms with Crippen LogP contribution in [0, 0.1) is 6.92 Å². The first-order valence-corrected chi connectivity index (χ1v) is 6.83. The molecule has 0 fully saturated rings. The van der Waals surface area contributed by atoms with Crippen molar-refractivity contribution in [1.29, 1.82) is 0 Å². The van der Waals surface area contributed by atoms with Gasteiger partial charge in [-0.15, -0.1) is 11.3 Å². The highest BCUT2D eigenvalue weighted by atomic mass is 32.1. The van der Waals surface area contributed by atoms with Gasteiger partial charge in [0.15, 0.2) is 0 Å². The third kappa shape index (κ3) is 2.89. The minimum absolute atomic E-state index is 0.151. The predicted molar refractivity (Wildman–Crippen MR) is 76.2 cm³/mol. The molecular formula is C14H18N2OS. The van der Waals surface area contributed by atoms with Crippen molar-refractivity contribution in [2.24, 2.45) is 5.73 Å². The zero-order valence-electron chi connectivity index (χ0n) is 10.9. The second kappa shape index (κ2) is 5.50. The van der Waals surface area contributed by atoms with Crippen LogP contribution in [0.3, 0.4) is 0 Å². The summed E-state index contributed by atoms with van der Waals surface area (Å²) in [4.78, 5) is 4.61. The van der Waals surface area contributed by atoms with E-state index in [-0.39, 0.29) is 6.04 Å². The number of benzene rings is 1. The number of hydrogen-bond acceptors (Lipinski definition) is 4. The Morgan fingerprint density at radius 2 is 2.22 bits per heavy atom. The van der Waals surface area contributed by atoms with E-state index < -0.39 is 0 Å². The van der Waals surface area contributed by atoms with Gasteiger partial charge < -0.3 is 10.5 Å². The summed E-state index contributed by atoms with van der Waals surface area (Å²) in [6.07, 6.45) is 0.825. The number of hydrogen-bond donors (Lipinski definition) is 1. The fourth-order valence-corrected chi connectivity index (χ4v) is 2.70. The molecule has 2 rings (SSSR count). The summed E-state index contributed by atoms with van der Waals surface area (Å²) >= 11 is 1.66. The van der Waals surface area contributed by atoms with Crippen LogP contribution in [0.15, 0.2) is 23.6 Å². The Labute approximate surface area is 112 Å². The van der Waals surface area contributed by atoms with Gasteiger partial charge in [0.1, 0.15) is 10.8 Å². The predicted octanol–water partition coefficient (Wildman–Crippen LogP) is 3.02. The van der Waals surface area contributed by atoms with Crippen molar-refractivity contribution in [3.8, 4) is 16.3 Å². The molecule has 3 nitrogen and oxygen atoms in total. The van der Waals surface area contributed by atoms with Gasteiger partial charge in [0, 0.05) is 23.4 Å². The number of ether oxygens (including phenoxy) is 1. The Balaban J connectivity index is 2.26. The van der Waals surface area contributed by atoms with Crippen LogP contribution in [0.5, 0.6) is 5.75 Å². The maximum absolute atomic E-state index is 5.78. The van der Waals surface area contributed by atoms with Crippen molar-refractivity contribution in [2.45, 2.75) is 26.3 Å². The number of aromatic nitrogens is 1. The van der Waals surface area contributed by atoms with E-state index in [1.54, 1.807) is 18.4 Å². The highest BCUT2D eigenvalue weighted by Gasteiger charge is 2.08. The number of nitrogens with two attached hydrogens (primary N) is 1. The molecule has 2 aromatic rings. The molecule has 1 aromatic heterocycles. The van der Waals surface area contributed by atoms with Crippen LogP contribution in [0.4, 0.5) is 0 Å². The summed E-state index contributed by atoms with van der Waals surface area (Å²) in [7, 11) is 1.69. The van der Waals surface area contributed by atoms with Crippen molar-refractivity contribution >= 4 is 11.3 Å². The van der Waals surface area contributed by atoms with Crippen LogP contribution in [0.1, 0.15) is 18.2 Å². The summed E-state index contributed by atoms with van der Waals surface area (Å²) in [6.45, 7) is 4.04. The molecule has 0 radical (unpaired) electrons. The first-order valence-electron chi connectivity index (χ1n) is 5.95. The molecule has 1 aromatic carbocycles. The van der Waals surface area contributed by atoms with Crippen molar-refractivity contribution < 1.29 is 4.74 Å². The molecule has 0 spiro atoms. The highest BCUT2D eigenvalue weighted by Crippen LogP contribution is 2.28. The van der Waals surface area contributed by atoms with Crippen molar-refractivity contribution in [3.63, 3.8) is 0 Å². The molecule has 0 saturated carbocycles. The van der Waals surface area contributed by atoms with E-state index in [1.165, 1.54) is 0 Å². The molecule has 1 heterocycles. The molecule has 0 saturated heterocycles. The summed E-state index contributed by atoms with van der Waals surface area (Å²) in [5.74, 6) is 0.908. The van der Waals surface area contributed by atoms with E-state index in [4.69, 9.17) is 10.5 Å². The summed E-state index contributed by atoms with van der Waals surface area (Å²) < 4.78 is 5.26. The zero-order chi connectivity index (χ0) is 13.1. The zero-order valence-corrected chi connectivity index (χ0v) is 11.8. The Morgan fingerprint density at radius 1 is 1.44 bits per heavy atom. The Hall–Kier alpha value is -1.39. The SMILES string of the molecule is COc1ccc(-c2nc(CC(C)N)cs2)cc1C. The van der Waals surface area contributed by atoms with E-state index >= 15 is 0 Å². The van der Waals surface area contributed by atoms with Crippen LogP contribution >= 0.6 is 11.3 Å². The first kappa shape index (κ1) is 13.1. The molecule has 1 unspecified atom stereocenters. The normalized spacial score (nSPS) is 12.4. The fourth-order valence-electron chi connectivity index (χ4n) is 1.87. The lowest BCUT2D eigenvalue weighted by atomic mass is 10.1. The van der Waals surface area contributed by atoms with Gasteiger partial charge in [-0.05, 0) is 37.6 Å². The summed E-state index contributed by atoms with van der Waals surface area (Å²) in [5, 5.41) is 3.12. The molecule has 0 amide bonds. The lowest BCUT2D eigenvalue weighted by molar-refractivity contribution is 0.412. The minimum atomic E-state index is 0.151. The summed E-state index contributed by atoms with van der Waals surface area (Å²) in [6, 6.07) is 6.28. The molecular weight excluding hydrogens is 244 g/mol. The monoisotopic (exact) mass is 262 g/mol. The largest absolute Gasteiger partial charge is 0.496 e. The minimum Gasteiger partial charge on any atom is -0.496 e. The van der Waals surface area contributed by atoms with Crippen molar-refractivity contribution in [1.82, 2.24) is 4.98 Å². The Bertz CT molecular complexity index is 534. The van der Waals surface area contributed by atoms with Gasteiger partial charge in [0.05, 0.1) is 12.8 Å². The lowest BCUT2D eigenvalue weighted by Crippen LogP contribution is -2.17. The van der Waals surface area contributed by atoms with E-state index in [0.717, 1.165) is 34.0 Å². The van der Waals surface area contributed by atoms with Crippen LogP contribution in [0.2, 0.25) is 0 Å². The Morgan fingerprint density at radius 3 is 2.83 bits per heavy atom. The van der Waals surface area contributed by atoms with E-state index in [2.05, 4.69) is 16.4 Å². The highest BCUT2D eigenvalue weighted by molar-refractivity contribution is 7.13. The van der Waals surface area contributed by atoms with Gasteiger partial charge in [-0.2, -0.15) is 0 Å². The number of nitrogens with zero attached hydrogens (tertiary/aromatic N) is 1. The molecule has 18 heavy (non-hydrogen) atoms. The second-order valence-corrected chi connectivity index (χ2v) is 5.37. The van der Waals surface area contributed by atoms with Crippen LogP contribution < -0.4 is 10.5 Å². The maximum atomic E-state index is 5.78. The number of thiazole rings is 1. The fraction of sp³-hybridized carbons (Fsp3) is 0.357. The van der Waals surface area contributed by atoms with Crippen LogP contribution in [0.25, 0.3) is 10.6 Å². The van der Waals surface area contributed by atoms with Crippen molar-refractivity contribution in [2.75, 3.05) is 7.11 Å². The first-order chi connectivity index (χ1) is 8.60. The second-order valence-electron chi connectivity index (χ2n) is 4.51. The average molecular weight is 262 g/mol. The molecule has 0 bridgehead atoms. The molecule has 0 aliphatic rings. The topological polar surface area (TPSA) is 48.1 Å². The van der Waals surface area contributed by atoms with Gasteiger partial charge in [0.2, 0.25) is 0 Å². The van der Waals surface area contributed by atoms with Gasteiger partial charge in [-0.3, -0.25) is 0 Å². The standard InChI is InChI=1S/C14H18N2OS/c1-9-6-11(4-5-13(9)17-3)14-16-12(8-18-14)7-10(2)15/h4-6,8,10H,7,15H2,1-3H3. The average Bonchev–Trinajstić information content (AvgIpc) is 2.76. The van der Waals surface area contributed by atoms with E-state index in [0.29, 0.717) is 0 Å². The molecule has 2 N–H and O–H groups in total. The molecule has 4 heteroatoms. The number of rotatable bonds is 4. The van der Waals surface area contributed by atoms with Crippen LogP contribution in [-0.4, -0.2) is 18.1 Å². The molecule has 1 atom stereocenters. The molecule has 0 aliphatic carbocycles. The number of methoxy groups -OCH3 is 1. The van der Waals surface area contributed by atoms with E-state index in [1.807, 2.05) is 26.0 Å². The lowest BCUT2D eigenvalue weighted by Gasteiger charge is -2.05. The van der Waals surface area contributed by atoms with Gasteiger partial charge in [0.25, 0.3) is 0 Å². The van der Waals surface area contributed by atoms with Gasteiger partial charge >= 0.3 is 0 Å². The summed E-state index contributed by atoms with van der Waals surface area (Å²) in [5.41, 5.74) is 9.11. The maximum Gasteiger partial charge on any atom is 0.123 e. The third-order valence-corrected chi connectivity index (χ3v) is 3.66. The quantitative estimate of drug-likeness (QED) is 0.921. The van der Waals surface area contributed by atoms with Gasteiger partial charge in [-0.1, -0.05) is 0 Å². The van der Waals surface area contributed by atoms with Crippen LogP contribution in [-0.2, 0) is 6.42 Å². The van der Waals surface area contributed by atoms with Crippen molar-refractivity contribution in [3.05, 3.63) is 34.8 Å².